The number of amides is 1. The summed E-state index contributed by atoms with van der Waals surface area (Å²) >= 11 is 1.69. The maximum Gasteiger partial charge on any atom is 0.241 e. The molecule has 2 unspecified atom stereocenters. The summed E-state index contributed by atoms with van der Waals surface area (Å²) in [4.78, 5) is 14.2. The number of nitrogens with one attached hydrogen (secondary N) is 1. The fourth-order valence-corrected chi connectivity index (χ4v) is 3.36. The van der Waals surface area contributed by atoms with Gasteiger partial charge >= 0.3 is 0 Å². The van der Waals surface area contributed by atoms with E-state index in [1.54, 1.807) is 11.3 Å². The van der Waals surface area contributed by atoms with Gasteiger partial charge in [0.25, 0.3) is 0 Å². The molecule has 4 heteroatoms. The predicted octanol–water partition coefficient (Wildman–Crippen LogP) is 2.76. The number of nitrogens with zero attached hydrogens (tertiary/aromatic N) is 1. The molecule has 1 aromatic heterocycles. The zero-order valence-corrected chi connectivity index (χ0v) is 11.6. The van der Waals surface area contributed by atoms with E-state index in [-0.39, 0.29) is 18.1 Å². The minimum Gasteiger partial charge on any atom is -0.322 e. The lowest BCUT2D eigenvalue weighted by Crippen LogP contribution is -2.31. The molecule has 2 heterocycles. The zero-order chi connectivity index (χ0) is 12.5. The number of rotatable bonds is 5. The lowest BCUT2D eigenvalue weighted by Gasteiger charge is -2.23. The number of carbonyl (C=O) groups is 1. The van der Waals surface area contributed by atoms with Crippen LogP contribution in [0.5, 0.6) is 0 Å². The molecule has 1 aromatic rings. The maximum atomic E-state index is 12.2. The summed E-state index contributed by atoms with van der Waals surface area (Å²) in [6.07, 6.45) is 5.32. The average molecular weight is 264 g/mol. The molecule has 3 rings (SSSR count). The number of carbonyl (C=O) groups excluding carboxylic acids is 1. The van der Waals surface area contributed by atoms with E-state index in [0.717, 1.165) is 18.9 Å². The molecule has 2 fully saturated rings. The summed E-state index contributed by atoms with van der Waals surface area (Å²) in [6, 6.07) is 2.07. The second-order valence-corrected chi connectivity index (χ2v) is 6.24. The standard InChI is InChI=1S/C14H20N2OS/c1-10-14(17)16(7-2-3-11-4-5-11)13(15-10)12-6-8-18-9-12/h6,8-11,13,15H,2-5,7H2,1H3. The summed E-state index contributed by atoms with van der Waals surface area (Å²) in [5.41, 5.74) is 1.23. The molecule has 1 aliphatic carbocycles. The van der Waals surface area contributed by atoms with Crippen LogP contribution >= 0.6 is 11.3 Å². The average Bonchev–Trinajstić information content (AvgIpc) is 2.94. The number of thiophene rings is 1. The highest BCUT2D eigenvalue weighted by Crippen LogP contribution is 2.34. The van der Waals surface area contributed by atoms with Crippen LogP contribution in [0, 0.1) is 5.92 Å². The lowest BCUT2D eigenvalue weighted by molar-refractivity contribution is -0.129. The van der Waals surface area contributed by atoms with Crippen molar-refractivity contribution in [3.63, 3.8) is 0 Å². The molecule has 2 aliphatic rings. The first-order chi connectivity index (χ1) is 8.75. The first-order valence-corrected chi connectivity index (χ1v) is 7.78. The molecule has 1 N–H and O–H groups in total. The molecule has 98 valence electrons. The molecule has 0 aromatic carbocycles. The highest BCUT2D eigenvalue weighted by molar-refractivity contribution is 7.07. The Kier molecular flexibility index (Phi) is 3.39. The molecule has 0 bridgehead atoms. The van der Waals surface area contributed by atoms with Crippen LogP contribution in [0.15, 0.2) is 16.8 Å². The summed E-state index contributed by atoms with van der Waals surface area (Å²) in [7, 11) is 0. The third-order valence-electron chi connectivity index (χ3n) is 3.94. The minimum atomic E-state index is -0.0455. The van der Waals surface area contributed by atoms with Crippen LogP contribution in [0.2, 0.25) is 0 Å². The van der Waals surface area contributed by atoms with E-state index in [0.29, 0.717) is 0 Å². The van der Waals surface area contributed by atoms with Gasteiger partial charge in [0, 0.05) is 6.54 Å². The molecule has 18 heavy (non-hydrogen) atoms. The maximum absolute atomic E-state index is 12.2. The van der Waals surface area contributed by atoms with Gasteiger partial charge in [-0.15, -0.1) is 0 Å². The SMILES string of the molecule is CC1NC(c2ccsc2)N(CCCC2CC2)C1=O. The zero-order valence-electron chi connectivity index (χ0n) is 10.8. The molecule has 1 saturated carbocycles. The molecular weight excluding hydrogens is 244 g/mol. The number of hydrogen-bond donors (Lipinski definition) is 1. The monoisotopic (exact) mass is 264 g/mol. The Morgan fingerprint density at radius 1 is 1.50 bits per heavy atom. The van der Waals surface area contributed by atoms with Gasteiger partial charge in [0.15, 0.2) is 0 Å². The first-order valence-electron chi connectivity index (χ1n) is 6.84. The van der Waals surface area contributed by atoms with Crippen LogP contribution < -0.4 is 5.32 Å². The largest absolute Gasteiger partial charge is 0.322 e. The minimum absolute atomic E-state index is 0.0455. The van der Waals surface area contributed by atoms with Gasteiger partial charge in [-0.25, -0.2) is 0 Å². The van der Waals surface area contributed by atoms with Gasteiger partial charge in [0.2, 0.25) is 5.91 Å². The van der Waals surface area contributed by atoms with Crippen molar-refractivity contribution < 1.29 is 4.79 Å². The topological polar surface area (TPSA) is 32.3 Å². The van der Waals surface area contributed by atoms with E-state index in [4.69, 9.17) is 0 Å². The van der Waals surface area contributed by atoms with E-state index in [1.807, 2.05) is 11.8 Å². The molecule has 1 amide bonds. The Hall–Kier alpha value is -0.870. The quantitative estimate of drug-likeness (QED) is 0.887. The molecule has 1 aliphatic heterocycles. The Morgan fingerprint density at radius 3 is 3.00 bits per heavy atom. The van der Waals surface area contributed by atoms with Gasteiger partial charge in [0.1, 0.15) is 6.17 Å². The highest BCUT2D eigenvalue weighted by Gasteiger charge is 2.37. The Balaban J connectivity index is 1.64. The van der Waals surface area contributed by atoms with E-state index in [2.05, 4.69) is 22.1 Å². The van der Waals surface area contributed by atoms with Gasteiger partial charge in [-0.1, -0.05) is 12.8 Å². The van der Waals surface area contributed by atoms with Crippen molar-refractivity contribution >= 4 is 17.2 Å². The second kappa shape index (κ2) is 5.02. The van der Waals surface area contributed by atoms with Gasteiger partial charge in [0.05, 0.1) is 6.04 Å². The van der Waals surface area contributed by atoms with E-state index < -0.39 is 0 Å². The van der Waals surface area contributed by atoms with Gasteiger partial charge in [-0.3, -0.25) is 10.1 Å². The Bertz CT molecular complexity index is 413. The van der Waals surface area contributed by atoms with Crippen LogP contribution in [0.3, 0.4) is 0 Å². The molecule has 1 saturated heterocycles. The fourth-order valence-electron chi connectivity index (χ4n) is 2.68. The lowest BCUT2D eigenvalue weighted by atomic mass is 10.2. The summed E-state index contributed by atoms with van der Waals surface area (Å²) in [6.45, 7) is 2.86. The van der Waals surface area contributed by atoms with Crippen LogP contribution in [-0.4, -0.2) is 23.4 Å². The van der Waals surface area contributed by atoms with E-state index in [9.17, 15) is 4.79 Å². The van der Waals surface area contributed by atoms with Crippen molar-refractivity contribution in [1.29, 1.82) is 0 Å². The number of hydrogen-bond acceptors (Lipinski definition) is 3. The van der Waals surface area contributed by atoms with E-state index in [1.165, 1.54) is 24.8 Å². The van der Waals surface area contributed by atoms with Crippen molar-refractivity contribution in [2.75, 3.05) is 6.54 Å². The van der Waals surface area contributed by atoms with E-state index >= 15 is 0 Å². The first kappa shape index (κ1) is 12.2. The normalized spacial score (nSPS) is 28.1. The van der Waals surface area contributed by atoms with Crippen LogP contribution in [0.25, 0.3) is 0 Å². The van der Waals surface area contributed by atoms with Crippen LogP contribution in [-0.2, 0) is 4.79 Å². The predicted molar refractivity (Wildman–Crippen MR) is 73.3 cm³/mol. The fraction of sp³-hybridized carbons (Fsp3) is 0.643. The van der Waals surface area contributed by atoms with Crippen molar-refractivity contribution in [1.82, 2.24) is 10.2 Å². The second-order valence-electron chi connectivity index (χ2n) is 5.46. The molecular formula is C14H20N2OS. The third kappa shape index (κ3) is 2.45. The van der Waals surface area contributed by atoms with Crippen molar-refractivity contribution in [3.05, 3.63) is 22.4 Å². The molecule has 0 radical (unpaired) electrons. The Labute approximate surface area is 112 Å². The third-order valence-corrected chi connectivity index (χ3v) is 4.64. The summed E-state index contributed by atoms with van der Waals surface area (Å²) in [5, 5.41) is 7.60. The highest BCUT2D eigenvalue weighted by atomic mass is 32.1. The molecule has 3 nitrogen and oxygen atoms in total. The summed E-state index contributed by atoms with van der Waals surface area (Å²) < 4.78 is 0. The van der Waals surface area contributed by atoms with Crippen molar-refractivity contribution in [2.24, 2.45) is 5.92 Å². The van der Waals surface area contributed by atoms with Gasteiger partial charge < -0.3 is 4.90 Å². The van der Waals surface area contributed by atoms with Gasteiger partial charge in [-0.2, -0.15) is 11.3 Å². The van der Waals surface area contributed by atoms with Crippen molar-refractivity contribution in [2.45, 2.75) is 44.8 Å². The van der Waals surface area contributed by atoms with Crippen LogP contribution in [0.4, 0.5) is 0 Å². The van der Waals surface area contributed by atoms with Crippen molar-refractivity contribution in [3.8, 4) is 0 Å². The Morgan fingerprint density at radius 2 is 2.33 bits per heavy atom. The molecule has 2 atom stereocenters. The smallest absolute Gasteiger partial charge is 0.241 e. The molecule has 0 spiro atoms. The van der Waals surface area contributed by atoms with Gasteiger partial charge in [-0.05, 0) is 48.1 Å². The summed E-state index contributed by atoms with van der Waals surface area (Å²) in [5.74, 6) is 1.20. The van der Waals surface area contributed by atoms with Crippen LogP contribution in [0.1, 0.15) is 44.3 Å².